The highest BCUT2D eigenvalue weighted by Gasteiger charge is 2.26. The number of nitrogens with zero attached hydrogens (tertiary/aromatic N) is 1. The van der Waals surface area contributed by atoms with Gasteiger partial charge in [-0.15, -0.1) is 0 Å². The minimum Gasteiger partial charge on any atom is -0.326 e. The van der Waals surface area contributed by atoms with E-state index in [4.69, 9.17) is 0 Å². The molecule has 1 saturated heterocycles. The van der Waals surface area contributed by atoms with Gasteiger partial charge in [0.1, 0.15) is 0 Å². The molecule has 1 aromatic rings. The molecule has 5 nitrogen and oxygen atoms in total. The first-order chi connectivity index (χ1) is 11.6. The van der Waals surface area contributed by atoms with Crippen molar-refractivity contribution in [2.75, 3.05) is 18.4 Å². The first-order valence-corrected chi connectivity index (χ1v) is 10.1. The summed E-state index contributed by atoms with van der Waals surface area (Å²) in [5.41, 5.74) is 0.542. The van der Waals surface area contributed by atoms with Crippen LogP contribution in [0.1, 0.15) is 38.5 Å². The number of benzene rings is 1. The van der Waals surface area contributed by atoms with E-state index in [2.05, 4.69) is 17.5 Å². The van der Waals surface area contributed by atoms with Crippen molar-refractivity contribution in [2.24, 2.45) is 5.92 Å². The summed E-state index contributed by atoms with van der Waals surface area (Å²) >= 11 is 0. The molecule has 1 amide bonds. The van der Waals surface area contributed by atoms with Crippen LogP contribution in [0.4, 0.5) is 5.69 Å². The summed E-state index contributed by atoms with van der Waals surface area (Å²) in [5.74, 6) is 0.226. The van der Waals surface area contributed by atoms with E-state index in [-0.39, 0.29) is 10.8 Å². The van der Waals surface area contributed by atoms with Crippen LogP contribution in [0, 0.1) is 5.92 Å². The van der Waals surface area contributed by atoms with Crippen molar-refractivity contribution in [1.82, 2.24) is 4.31 Å². The summed E-state index contributed by atoms with van der Waals surface area (Å²) in [6.07, 6.45) is 9.56. The Hall–Kier alpha value is -1.66. The maximum atomic E-state index is 12.7. The fourth-order valence-electron chi connectivity index (χ4n) is 3.30. The molecule has 6 heteroatoms. The maximum Gasteiger partial charge on any atom is 0.243 e. The van der Waals surface area contributed by atoms with Gasteiger partial charge in [0.25, 0.3) is 0 Å². The van der Waals surface area contributed by atoms with Gasteiger partial charge in [0.05, 0.1) is 4.90 Å². The molecule has 0 unspecified atom stereocenters. The second kappa shape index (κ2) is 7.49. The van der Waals surface area contributed by atoms with Crippen LogP contribution in [0.2, 0.25) is 0 Å². The Kier molecular flexibility index (Phi) is 5.36. The molecule has 1 aliphatic heterocycles. The van der Waals surface area contributed by atoms with Gasteiger partial charge >= 0.3 is 0 Å². The zero-order valence-corrected chi connectivity index (χ0v) is 14.6. The van der Waals surface area contributed by atoms with Crippen molar-refractivity contribution >= 4 is 21.6 Å². The van der Waals surface area contributed by atoms with Gasteiger partial charge in [0, 0.05) is 25.2 Å². The van der Waals surface area contributed by atoms with Crippen molar-refractivity contribution in [3.8, 4) is 0 Å². The Balaban J connectivity index is 1.69. The molecule has 2 aliphatic rings. The average molecular weight is 348 g/mol. The van der Waals surface area contributed by atoms with Crippen LogP contribution in [0.15, 0.2) is 41.3 Å². The number of carbonyl (C=O) groups excluding carboxylic acids is 1. The predicted octanol–water partition coefficient (Wildman–Crippen LogP) is 3.16. The van der Waals surface area contributed by atoms with E-state index in [1.165, 1.54) is 0 Å². The number of amides is 1. The van der Waals surface area contributed by atoms with Crippen molar-refractivity contribution in [3.63, 3.8) is 0 Å². The molecular formula is C18H24N2O3S. The highest BCUT2D eigenvalue weighted by molar-refractivity contribution is 7.89. The van der Waals surface area contributed by atoms with Crippen molar-refractivity contribution in [1.29, 1.82) is 0 Å². The highest BCUT2D eigenvalue weighted by atomic mass is 32.2. The predicted molar refractivity (Wildman–Crippen MR) is 94.2 cm³/mol. The molecule has 0 radical (unpaired) electrons. The number of hydrogen-bond donors (Lipinski definition) is 1. The molecule has 0 bridgehead atoms. The SMILES string of the molecule is O=C(C[C@H]1C=CCC1)Nc1cccc(S(=O)(=O)N2CCCCC2)c1. The lowest BCUT2D eigenvalue weighted by atomic mass is 10.1. The third kappa shape index (κ3) is 4.05. The molecular weight excluding hydrogens is 324 g/mol. The minimum atomic E-state index is -3.47. The molecule has 1 fully saturated rings. The number of piperidine rings is 1. The van der Waals surface area contributed by atoms with Gasteiger partial charge in [-0.25, -0.2) is 8.42 Å². The quantitative estimate of drug-likeness (QED) is 0.831. The van der Waals surface area contributed by atoms with E-state index in [0.717, 1.165) is 32.1 Å². The maximum absolute atomic E-state index is 12.7. The topological polar surface area (TPSA) is 66.5 Å². The first kappa shape index (κ1) is 17.2. The zero-order valence-electron chi connectivity index (χ0n) is 13.8. The fourth-order valence-corrected chi connectivity index (χ4v) is 4.87. The minimum absolute atomic E-state index is 0.0703. The van der Waals surface area contributed by atoms with E-state index in [0.29, 0.717) is 31.1 Å². The molecule has 0 aromatic heterocycles. The Morgan fingerprint density at radius 2 is 2.00 bits per heavy atom. The number of carbonyl (C=O) groups is 1. The van der Waals surface area contributed by atoms with Crippen molar-refractivity contribution in [3.05, 3.63) is 36.4 Å². The lowest BCUT2D eigenvalue weighted by Crippen LogP contribution is -2.35. The van der Waals surface area contributed by atoms with E-state index in [1.807, 2.05) is 0 Å². The molecule has 0 saturated carbocycles. The van der Waals surface area contributed by atoms with E-state index < -0.39 is 10.0 Å². The van der Waals surface area contributed by atoms with Crippen LogP contribution in [-0.2, 0) is 14.8 Å². The van der Waals surface area contributed by atoms with Crippen LogP contribution in [-0.4, -0.2) is 31.7 Å². The van der Waals surface area contributed by atoms with E-state index in [9.17, 15) is 13.2 Å². The summed E-state index contributed by atoms with van der Waals surface area (Å²) in [6, 6.07) is 6.57. The van der Waals surface area contributed by atoms with Gasteiger partial charge in [-0.2, -0.15) is 4.31 Å². The summed E-state index contributed by atoms with van der Waals surface area (Å²) < 4.78 is 27.0. The van der Waals surface area contributed by atoms with Crippen molar-refractivity contribution < 1.29 is 13.2 Å². The van der Waals surface area contributed by atoms with Gasteiger partial charge in [-0.3, -0.25) is 4.79 Å². The molecule has 1 N–H and O–H groups in total. The van der Waals surface area contributed by atoms with Crippen LogP contribution in [0.3, 0.4) is 0 Å². The number of allylic oxidation sites excluding steroid dienone is 2. The van der Waals surface area contributed by atoms with Gasteiger partial charge in [0.2, 0.25) is 15.9 Å². The average Bonchev–Trinajstić information content (AvgIpc) is 3.08. The molecule has 130 valence electrons. The van der Waals surface area contributed by atoms with Crippen LogP contribution < -0.4 is 5.32 Å². The number of rotatable bonds is 5. The number of nitrogens with one attached hydrogen (secondary N) is 1. The first-order valence-electron chi connectivity index (χ1n) is 8.62. The van der Waals surface area contributed by atoms with Crippen LogP contribution in [0.5, 0.6) is 0 Å². The van der Waals surface area contributed by atoms with Crippen molar-refractivity contribution in [2.45, 2.75) is 43.4 Å². The van der Waals surface area contributed by atoms with Crippen LogP contribution >= 0.6 is 0 Å². The summed E-state index contributed by atoms with van der Waals surface area (Å²) in [6.45, 7) is 1.15. The van der Waals surface area contributed by atoms with Crippen LogP contribution in [0.25, 0.3) is 0 Å². The zero-order chi connectivity index (χ0) is 17.0. The van der Waals surface area contributed by atoms with Gasteiger partial charge in [-0.05, 0) is 49.8 Å². The Morgan fingerprint density at radius 1 is 1.21 bits per heavy atom. The molecule has 1 aromatic carbocycles. The van der Waals surface area contributed by atoms with Gasteiger partial charge in [0.15, 0.2) is 0 Å². The second-order valence-electron chi connectivity index (χ2n) is 6.51. The highest BCUT2D eigenvalue weighted by Crippen LogP contribution is 2.24. The third-order valence-electron chi connectivity index (χ3n) is 4.63. The van der Waals surface area contributed by atoms with E-state index >= 15 is 0 Å². The number of sulfonamides is 1. The van der Waals surface area contributed by atoms with E-state index in [1.54, 1.807) is 28.6 Å². The molecule has 1 aliphatic carbocycles. The van der Waals surface area contributed by atoms with Gasteiger partial charge < -0.3 is 5.32 Å². The summed E-state index contributed by atoms with van der Waals surface area (Å²) in [4.78, 5) is 12.4. The largest absolute Gasteiger partial charge is 0.326 e. The smallest absolute Gasteiger partial charge is 0.243 e. The molecule has 1 heterocycles. The monoisotopic (exact) mass is 348 g/mol. The molecule has 3 rings (SSSR count). The molecule has 0 spiro atoms. The summed E-state index contributed by atoms with van der Waals surface area (Å²) in [7, 11) is -3.47. The fraction of sp³-hybridized carbons (Fsp3) is 0.500. The lowest BCUT2D eigenvalue weighted by molar-refractivity contribution is -0.116. The second-order valence-corrected chi connectivity index (χ2v) is 8.45. The summed E-state index contributed by atoms with van der Waals surface area (Å²) in [5, 5.41) is 2.83. The standard InChI is InChI=1S/C18H24N2O3S/c21-18(13-15-7-2-3-8-15)19-16-9-6-10-17(14-16)24(22,23)20-11-4-1-5-12-20/h2,6-7,9-10,14-15H,1,3-5,8,11-13H2,(H,19,21)/t15-/m0/s1. The Morgan fingerprint density at radius 3 is 2.71 bits per heavy atom. The third-order valence-corrected chi connectivity index (χ3v) is 6.53. The number of hydrogen-bond acceptors (Lipinski definition) is 3. The molecule has 1 atom stereocenters. The number of anilines is 1. The van der Waals surface area contributed by atoms with Gasteiger partial charge in [-0.1, -0.05) is 24.6 Å². The normalized spacial score (nSPS) is 21.8. The Labute approximate surface area is 143 Å². The lowest BCUT2D eigenvalue weighted by Gasteiger charge is -2.26. The molecule has 24 heavy (non-hydrogen) atoms. The Bertz CT molecular complexity index is 722.